The minimum absolute atomic E-state index is 0.257. The normalized spacial score (nSPS) is 24.1. The molecule has 5 nitrogen and oxygen atoms in total. The van der Waals surface area contributed by atoms with Gasteiger partial charge in [-0.3, -0.25) is 0 Å². The molecule has 0 aliphatic carbocycles. The molecule has 0 amide bonds. The van der Waals surface area contributed by atoms with Gasteiger partial charge in [0.05, 0.1) is 0 Å². The summed E-state index contributed by atoms with van der Waals surface area (Å²) in [4.78, 5) is 0. The van der Waals surface area contributed by atoms with Gasteiger partial charge < -0.3 is 10.4 Å². The summed E-state index contributed by atoms with van der Waals surface area (Å²) in [6, 6.07) is 0. The molecule has 2 unspecified atom stereocenters. The maximum atomic E-state index is 10.2. The first-order chi connectivity index (χ1) is 7.20. The van der Waals surface area contributed by atoms with E-state index in [9.17, 15) is 5.11 Å². The number of aryl methyl sites for hydroxylation is 1. The van der Waals surface area contributed by atoms with Gasteiger partial charge in [-0.1, -0.05) is 5.21 Å². The molecule has 2 heterocycles. The van der Waals surface area contributed by atoms with Gasteiger partial charge in [0, 0.05) is 19.5 Å². The largest absolute Gasteiger partial charge is 0.386 e. The van der Waals surface area contributed by atoms with Crippen LogP contribution >= 0.6 is 15.9 Å². The standard InChI is InChI=1S/C9H15BrN4O/c1-14-7(9(10)12-13-14)8(15)6-3-2-4-11-5-6/h6,8,11,15H,2-5H2,1H3. The van der Waals surface area contributed by atoms with Crippen molar-refractivity contribution in [2.75, 3.05) is 13.1 Å². The summed E-state index contributed by atoms with van der Waals surface area (Å²) in [5.74, 6) is 0.257. The van der Waals surface area contributed by atoms with Gasteiger partial charge in [-0.2, -0.15) is 0 Å². The van der Waals surface area contributed by atoms with Crippen molar-refractivity contribution in [3.8, 4) is 0 Å². The molecule has 84 valence electrons. The molecular formula is C9H15BrN4O. The lowest BCUT2D eigenvalue weighted by Gasteiger charge is -2.27. The number of hydrogen-bond acceptors (Lipinski definition) is 4. The number of aliphatic hydroxyl groups excluding tert-OH is 1. The Balaban J connectivity index is 2.15. The van der Waals surface area contributed by atoms with Crippen molar-refractivity contribution >= 4 is 15.9 Å². The van der Waals surface area contributed by atoms with Crippen LogP contribution < -0.4 is 5.32 Å². The number of nitrogens with zero attached hydrogens (tertiary/aromatic N) is 3. The highest BCUT2D eigenvalue weighted by Gasteiger charge is 2.27. The van der Waals surface area contributed by atoms with Crippen LogP contribution in [-0.2, 0) is 7.05 Å². The van der Waals surface area contributed by atoms with E-state index < -0.39 is 6.10 Å². The third-order valence-electron chi connectivity index (χ3n) is 2.89. The molecule has 0 aromatic carbocycles. The van der Waals surface area contributed by atoms with Crippen molar-refractivity contribution in [3.05, 3.63) is 10.3 Å². The van der Waals surface area contributed by atoms with Gasteiger partial charge in [0.15, 0.2) is 4.60 Å². The molecule has 0 radical (unpaired) electrons. The summed E-state index contributed by atoms with van der Waals surface area (Å²) < 4.78 is 2.27. The van der Waals surface area contributed by atoms with Crippen molar-refractivity contribution < 1.29 is 5.11 Å². The molecular weight excluding hydrogens is 260 g/mol. The van der Waals surface area contributed by atoms with E-state index in [-0.39, 0.29) is 5.92 Å². The SMILES string of the molecule is Cn1nnc(Br)c1C(O)C1CCCNC1. The summed E-state index contributed by atoms with van der Waals surface area (Å²) in [7, 11) is 1.80. The van der Waals surface area contributed by atoms with Crippen LogP contribution in [0.5, 0.6) is 0 Å². The lowest BCUT2D eigenvalue weighted by molar-refractivity contribution is 0.0842. The van der Waals surface area contributed by atoms with Gasteiger partial charge >= 0.3 is 0 Å². The van der Waals surface area contributed by atoms with Crippen molar-refractivity contribution in [2.45, 2.75) is 18.9 Å². The minimum Gasteiger partial charge on any atom is -0.386 e. The first-order valence-corrected chi connectivity index (χ1v) is 5.93. The third kappa shape index (κ3) is 2.21. The van der Waals surface area contributed by atoms with Gasteiger partial charge in [0.25, 0.3) is 0 Å². The highest BCUT2D eigenvalue weighted by Crippen LogP contribution is 2.30. The molecule has 2 N–H and O–H groups in total. The number of aliphatic hydroxyl groups is 1. The minimum atomic E-state index is -0.493. The van der Waals surface area contributed by atoms with E-state index in [4.69, 9.17) is 0 Å². The molecule has 0 bridgehead atoms. The summed E-state index contributed by atoms with van der Waals surface area (Å²) in [5, 5.41) is 21.3. The Labute approximate surface area is 97.0 Å². The van der Waals surface area contributed by atoms with Crippen LogP contribution in [0.25, 0.3) is 0 Å². The Bertz CT molecular complexity index is 315. The molecule has 1 fully saturated rings. The molecule has 2 atom stereocenters. The fourth-order valence-electron chi connectivity index (χ4n) is 2.02. The number of nitrogens with one attached hydrogen (secondary N) is 1. The van der Waals surface area contributed by atoms with Crippen molar-refractivity contribution in [2.24, 2.45) is 13.0 Å². The van der Waals surface area contributed by atoms with E-state index in [0.29, 0.717) is 4.60 Å². The zero-order chi connectivity index (χ0) is 10.8. The lowest BCUT2D eigenvalue weighted by Crippen LogP contribution is -2.34. The van der Waals surface area contributed by atoms with E-state index in [1.165, 1.54) is 0 Å². The highest BCUT2D eigenvalue weighted by atomic mass is 79.9. The van der Waals surface area contributed by atoms with E-state index in [1.54, 1.807) is 11.7 Å². The second-order valence-corrected chi connectivity index (χ2v) is 4.69. The quantitative estimate of drug-likeness (QED) is 0.830. The predicted molar refractivity (Wildman–Crippen MR) is 59.3 cm³/mol. The van der Waals surface area contributed by atoms with Gasteiger partial charge in [-0.25, -0.2) is 4.68 Å². The molecule has 1 aliphatic heterocycles. The van der Waals surface area contributed by atoms with Gasteiger partial charge in [0.2, 0.25) is 0 Å². The van der Waals surface area contributed by atoms with Crippen molar-refractivity contribution in [3.63, 3.8) is 0 Å². The maximum Gasteiger partial charge on any atom is 0.154 e. The molecule has 1 aromatic rings. The monoisotopic (exact) mass is 274 g/mol. The van der Waals surface area contributed by atoms with Crippen LogP contribution in [0, 0.1) is 5.92 Å². The highest BCUT2D eigenvalue weighted by molar-refractivity contribution is 9.10. The zero-order valence-corrected chi connectivity index (χ0v) is 10.2. The number of piperidine rings is 1. The number of aromatic nitrogens is 3. The first kappa shape index (κ1) is 11.0. The molecule has 2 rings (SSSR count). The number of hydrogen-bond donors (Lipinski definition) is 2. The maximum absolute atomic E-state index is 10.2. The van der Waals surface area contributed by atoms with Crippen LogP contribution in [0.4, 0.5) is 0 Å². The summed E-state index contributed by atoms with van der Waals surface area (Å²) >= 11 is 3.31. The topological polar surface area (TPSA) is 63.0 Å². The molecule has 15 heavy (non-hydrogen) atoms. The van der Waals surface area contributed by atoms with Gasteiger partial charge in [-0.05, 0) is 35.3 Å². The van der Waals surface area contributed by atoms with Crippen LogP contribution in [0.1, 0.15) is 24.6 Å². The zero-order valence-electron chi connectivity index (χ0n) is 8.65. The summed E-state index contributed by atoms with van der Waals surface area (Å²) in [6.07, 6.45) is 1.67. The van der Waals surface area contributed by atoms with Gasteiger partial charge in [-0.15, -0.1) is 5.10 Å². The van der Waals surface area contributed by atoms with Crippen LogP contribution in [0.2, 0.25) is 0 Å². The second kappa shape index (κ2) is 4.59. The van der Waals surface area contributed by atoms with Crippen LogP contribution in [0.15, 0.2) is 4.60 Å². The average Bonchev–Trinajstić information content (AvgIpc) is 2.59. The Hall–Kier alpha value is -0.460. The average molecular weight is 275 g/mol. The van der Waals surface area contributed by atoms with Crippen molar-refractivity contribution in [1.29, 1.82) is 0 Å². The van der Waals surface area contributed by atoms with Gasteiger partial charge in [0.1, 0.15) is 11.8 Å². The number of halogens is 1. The second-order valence-electron chi connectivity index (χ2n) is 3.94. The van der Waals surface area contributed by atoms with E-state index in [0.717, 1.165) is 31.6 Å². The molecule has 6 heteroatoms. The van der Waals surface area contributed by atoms with Crippen LogP contribution in [0.3, 0.4) is 0 Å². The summed E-state index contributed by atoms with van der Waals surface area (Å²) in [6.45, 7) is 1.91. The predicted octanol–water partition coefficient (Wildman–Crippen LogP) is 0.611. The Kier molecular flexibility index (Phi) is 3.38. The molecule has 1 aliphatic rings. The molecule has 0 saturated carbocycles. The molecule has 1 aromatic heterocycles. The van der Waals surface area contributed by atoms with Crippen LogP contribution in [-0.4, -0.2) is 33.2 Å². The Morgan fingerprint density at radius 1 is 1.67 bits per heavy atom. The third-order valence-corrected chi connectivity index (χ3v) is 3.45. The lowest BCUT2D eigenvalue weighted by atomic mass is 9.92. The fraction of sp³-hybridized carbons (Fsp3) is 0.778. The van der Waals surface area contributed by atoms with E-state index in [1.807, 2.05) is 0 Å². The van der Waals surface area contributed by atoms with Crippen molar-refractivity contribution in [1.82, 2.24) is 20.3 Å². The number of rotatable bonds is 2. The first-order valence-electron chi connectivity index (χ1n) is 5.14. The smallest absolute Gasteiger partial charge is 0.154 e. The van der Waals surface area contributed by atoms with E-state index in [2.05, 4.69) is 31.6 Å². The summed E-state index contributed by atoms with van der Waals surface area (Å²) in [5.41, 5.74) is 0.767. The Morgan fingerprint density at radius 2 is 2.47 bits per heavy atom. The van der Waals surface area contributed by atoms with E-state index >= 15 is 0 Å². The molecule has 0 spiro atoms. The molecule has 1 saturated heterocycles. The Morgan fingerprint density at radius 3 is 3.00 bits per heavy atom. The fourth-order valence-corrected chi connectivity index (χ4v) is 2.59.